The van der Waals surface area contributed by atoms with Crippen LogP contribution in [0.3, 0.4) is 0 Å². The number of rotatable bonds is 3. The molecule has 0 aliphatic carbocycles. The first-order valence-electron chi connectivity index (χ1n) is 7.86. The lowest BCUT2D eigenvalue weighted by Crippen LogP contribution is -2.33. The highest BCUT2D eigenvalue weighted by Gasteiger charge is 2.32. The molecule has 130 valence electrons. The van der Waals surface area contributed by atoms with Gasteiger partial charge in [-0.05, 0) is 24.1 Å². The summed E-state index contributed by atoms with van der Waals surface area (Å²) in [6.45, 7) is 0. The molecule has 0 unspecified atom stereocenters. The van der Waals surface area contributed by atoms with Gasteiger partial charge in [-0.25, -0.2) is 22.8 Å². The zero-order valence-electron chi connectivity index (χ0n) is 13.5. The lowest BCUT2D eigenvalue weighted by molar-refractivity contribution is 0.600. The summed E-state index contributed by atoms with van der Waals surface area (Å²) < 4.78 is 36.9. The lowest BCUT2D eigenvalue weighted by atomic mass is 10.1. The van der Waals surface area contributed by atoms with Gasteiger partial charge in [0.05, 0.1) is 16.9 Å². The van der Waals surface area contributed by atoms with Crippen molar-refractivity contribution in [2.75, 3.05) is 23.5 Å². The second-order valence-electron chi connectivity index (χ2n) is 6.20. The van der Waals surface area contributed by atoms with Gasteiger partial charge in [0, 0.05) is 24.0 Å². The van der Waals surface area contributed by atoms with Crippen molar-refractivity contribution in [3.63, 3.8) is 0 Å². The first kappa shape index (κ1) is 16.4. The number of hydrogen-bond acceptors (Lipinski definition) is 6. The maximum atomic E-state index is 13.2. The van der Waals surface area contributed by atoms with Crippen LogP contribution in [-0.4, -0.2) is 43.0 Å². The van der Waals surface area contributed by atoms with Gasteiger partial charge in [-0.1, -0.05) is 12.1 Å². The number of fused-ring (bicyclic) bond motifs is 1. The quantitative estimate of drug-likeness (QED) is 0.702. The third-order valence-corrected chi connectivity index (χ3v) is 7.23. The Morgan fingerprint density at radius 1 is 1.24 bits per heavy atom. The highest BCUT2D eigenvalue weighted by molar-refractivity contribution is 7.91. The number of halogens is 1. The maximum Gasteiger partial charge on any atom is 0.152 e. The Morgan fingerprint density at radius 2 is 2.00 bits per heavy atom. The highest BCUT2D eigenvalue weighted by atomic mass is 32.2. The minimum absolute atomic E-state index is 0.0935. The zero-order valence-corrected chi connectivity index (χ0v) is 15.1. The molecular formula is C17H16FN3O2S2. The predicted molar refractivity (Wildman–Crippen MR) is 98.3 cm³/mol. The van der Waals surface area contributed by atoms with E-state index in [9.17, 15) is 12.8 Å². The van der Waals surface area contributed by atoms with Crippen LogP contribution in [0.15, 0.2) is 36.0 Å². The highest BCUT2D eigenvalue weighted by Crippen LogP contribution is 2.38. The molecule has 4 rings (SSSR count). The van der Waals surface area contributed by atoms with Crippen molar-refractivity contribution in [2.45, 2.75) is 12.5 Å². The first-order chi connectivity index (χ1) is 11.9. The van der Waals surface area contributed by atoms with Crippen molar-refractivity contribution in [1.29, 1.82) is 0 Å². The van der Waals surface area contributed by atoms with Crippen molar-refractivity contribution in [3.8, 4) is 11.1 Å². The van der Waals surface area contributed by atoms with Crippen LogP contribution >= 0.6 is 11.3 Å². The summed E-state index contributed by atoms with van der Waals surface area (Å²) in [6, 6.07) is 6.22. The van der Waals surface area contributed by atoms with Crippen molar-refractivity contribution in [2.24, 2.45) is 0 Å². The Kier molecular flexibility index (Phi) is 3.96. The van der Waals surface area contributed by atoms with Gasteiger partial charge in [0.1, 0.15) is 22.8 Å². The van der Waals surface area contributed by atoms with E-state index >= 15 is 0 Å². The second-order valence-corrected chi connectivity index (χ2v) is 9.29. The van der Waals surface area contributed by atoms with E-state index in [-0.39, 0.29) is 23.4 Å². The molecule has 8 heteroatoms. The molecule has 25 heavy (non-hydrogen) atoms. The molecule has 1 aliphatic rings. The van der Waals surface area contributed by atoms with Crippen LogP contribution < -0.4 is 4.90 Å². The van der Waals surface area contributed by atoms with E-state index in [1.54, 1.807) is 12.1 Å². The summed E-state index contributed by atoms with van der Waals surface area (Å²) in [6.07, 6.45) is 2.10. The number of sulfone groups is 1. The molecule has 2 aromatic heterocycles. The molecule has 3 heterocycles. The van der Waals surface area contributed by atoms with Crippen molar-refractivity contribution in [3.05, 3.63) is 41.8 Å². The summed E-state index contributed by atoms with van der Waals surface area (Å²) >= 11 is 1.50. The van der Waals surface area contributed by atoms with Gasteiger partial charge < -0.3 is 4.90 Å². The number of nitrogens with zero attached hydrogens (tertiary/aromatic N) is 3. The summed E-state index contributed by atoms with van der Waals surface area (Å²) in [4.78, 5) is 11.5. The van der Waals surface area contributed by atoms with Crippen molar-refractivity contribution in [1.82, 2.24) is 9.97 Å². The average Bonchev–Trinajstić information content (AvgIpc) is 3.18. The Balaban J connectivity index is 1.82. The molecule has 0 bridgehead atoms. The molecule has 1 saturated heterocycles. The number of benzene rings is 1. The van der Waals surface area contributed by atoms with Gasteiger partial charge in [-0.15, -0.1) is 11.3 Å². The Labute approximate surface area is 149 Å². The maximum absolute atomic E-state index is 13.2. The fraction of sp³-hybridized carbons (Fsp3) is 0.294. The van der Waals surface area contributed by atoms with Crippen LogP contribution in [0.2, 0.25) is 0 Å². The summed E-state index contributed by atoms with van der Waals surface area (Å²) in [5, 5.41) is 2.86. The third-order valence-electron chi connectivity index (χ3n) is 4.60. The molecule has 0 N–H and O–H groups in total. The van der Waals surface area contributed by atoms with Gasteiger partial charge >= 0.3 is 0 Å². The molecule has 1 aliphatic heterocycles. The van der Waals surface area contributed by atoms with Crippen molar-refractivity contribution >= 4 is 37.2 Å². The van der Waals surface area contributed by atoms with Crippen LogP contribution in [0.4, 0.5) is 10.2 Å². The Morgan fingerprint density at radius 3 is 2.68 bits per heavy atom. The molecular weight excluding hydrogens is 361 g/mol. The number of hydrogen-bond donors (Lipinski definition) is 0. The van der Waals surface area contributed by atoms with Crippen LogP contribution in [0.5, 0.6) is 0 Å². The minimum Gasteiger partial charge on any atom is -0.355 e. The van der Waals surface area contributed by atoms with Gasteiger partial charge in [0.25, 0.3) is 0 Å². The van der Waals surface area contributed by atoms with E-state index < -0.39 is 9.84 Å². The van der Waals surface area contributed by atoms with Gasteiger partial charge in [-0.2, -0.15) is 0 Å². The first-order valence-corrected chi connectivity index (χ1v) is 10.6. The fourth-order valence-electron chi connectivity index (χ4n) is 3.22. The van der Waals surface area contributed by atoms with Crippen LogP contribution in [-0.2, 0) is 9.84 Å². The summed E-state index contributed by atoms with van der Waals surface area (Å²) in [5.41, 5.74) is 1.82. The number of anilines is 1. The van der Waals surface area contributed by atoms with Gasteiger partial charge in [0.2, 0.25) is 0 Å². The van der Waals surface area contributed by atoms with Gasteiger partial charge in [-0.3, -0.25) is 0 Å². The zero-order chi connectivity index (χ0) is 17.6. The van der Waals surface area contributed by atoms with E-state index in [0.717, 1.165) is 21.3 Å². The van der Waals surface area contributed by atoms with Crippen molar-refractivity contribution < 1.29 is 12.8 Å². The Hall–Kier alpha value is -2.06. The Bertz CT molecular complexity index is 1030. The summed E-state index contributed by atoms with van der Waals surface area (Å²) in [5.74, 6) is 0.788. The minimum atomic E-state index is -2.98. The molecule has 3 aromatic rings. The summed E-state index contributed by atoms with van der Waals surface area (Å²) in [7, 11) is -1.11. The lowest BCUT2D eigenvalue weighted by Gasteiger charge is -2.25. The predicted octanol–water partition coefficient (Wildman–Crippen LogP) is 3.12. The molecule has 1 atom stereocenters. The molecule has 0 radical (unpaired) electrons. The molecule has 1 aromatic carbocycles. The van der Waals surface area contributed by atoms with E-state index in [0.29, 0.717) is 12.2 Å². The van der Waals surface area contributed by atoms with E-state index in [4.69, 9.17) is 0 Å². The normalized spacial score (nSPS) is 19.4. The molecule has 5 nitrogen and oxygen atoms in total. The van der Waals surface area contributed by atoms with Crippen LogP contribution in [0.25, 0.3) is 21.3 Å². The standard InChI is InChI=1S/C17H16FN3O2S2/c1-21(13-6-7-25(22,23)9-13)16-15-14(8-24-17(15)20-10-19-16)11-2-4-12(18)5-3-11/h2-5,8,10,13H,6-7,9H2,1H3/t13-/m1/s1. The molecule has 0 amide bonds. The molecule has 1 fully saturated rings. The smallest absolute Gasteiger partial charge is 0.152 e. The fourth-order valence-corrected chi connectivity index (χ4v) is 5.91. The second kappa shape index (κ2) is 6.03. The third kappa shape index (κ3) is 3.00. The largest absolute Gasteiger partial charge is 0.355 e. The van der Waals surface area contributed by atoms with E-state index in [2.05, 4.69) is 9.97 Å². The molecule has 0 spiro atoms. The van der Waals surface area contributed by atoms with Crippen LogP contribution in [0, 0.1) is 5.82 Å². The number of thiophene rings is 1. The number of aromatic nitrogens is 2. The van der Waals surface area contributed by atoms with E-state index in [1.165, 1.54) is 29.8 Å². The van der Waals surface area contributed by atoms with Crippen LogP contribution in [0.1, 0.15) is 6.42 Å². The SMILES string of the molecule is CN(c1ncnc2scc(-c3ccc(F)cc3)c12)[C@@H]1CCS(=O)(=O)C1. The average molecular weight is 377 g/mol. The van der Waals surface area contributed by atoms with Gasteiger partial charge in [0.15, 0.2) is 9.84 Å². The topological polar surface area (TPSA) is 63.2 Å². The van der Waals surface area contributed by atoms with E-state index in [1.807, 2.05) is 17.3 Å². The monoisotopic (exact) mass is 377 g/mol. The molecule has 0 saturated carbocycles.